The summed E-state index contributed by atoms with van der Waals surface area (Å²) in [5.41, 5.74) is 10.5. The first kappa shape index (κ1) is 34.5. The number of nitrogens with zero attached hydrogens (tertiary/aromatic N) is 1. The minimum Gasteiger partial charge on any atom is -0.310 e. The molecule has 0 unspecified atom stereocenters. The number of anilines is 3. The molecule has 0 N–H and O–H groups in total. The van der Waals surface area contributed by atoms with Crippen LogP contribution in [0, 0.1) is 0 Å². The fourth-order valence-corrected chi connectivity index (χ4v) is 10.5. The molecule has 0 aliphatic heterocycles. The van der Waals surface area contributed by atoms with Gasteiger partial charge in [0, 0.05) is 37.1 Å². The first-order valence-electron chi connectivity index (χ1n) is 20.6. The molecule has 1 aromatic heterocycles. The molecule has 0 aliphatic rings. The van der Waals surface area contributed by atoms with Gasteiger partial charge in [0.25, 0.3) is 0 Å². The van der Waals surface area contributed by atoms with Crippen LogP contribution < -0.4 is 4.90 Å². The van der Waals surface area contributed by atoms with E-state index in [9.17, 15) is 0 Å². The Labute approximate surface area is 352 Å². The molecule has 0 saturated carbocycles. The summed E-state index contributed by atoms with van der Waals surface area (Å²) >= 11 is 1.86. The molecular weight excluding hydrogens is 743 g/mol. The molecule has 0 aliphatic carbocycles. The Balaban J connectivity index is 1.04. The van der Waals surface area contributed by atoms with E-state index in [0.717, 1.165) is 17.1 Å². The lowest BCUT2D eigenvalue weighted by Crippen LogP contribution is -2.11. The van der Waals surface area contributed by atoms with Crippen molar-refractivity contribution >= 4 is 91.7 Å². The van der Waals surface area contributed by atoms with E-state index >= 15 is 0 Å². The molecule has 0 bridgehead atoms. The standard InChI is InChI=1S/C58H37NS/c1-2-17-45-39(13-1)14-12-24-46(45)41-15-11-16-42(35-41)47-18-7-9-25-56(47)59(44-32-33-52-50-21-4-3-19-48(50)49-20-5-6-22-51(49)54(52)37-44)43-30-27-38(28-31-43)40-29-34-58-55(36-40)53-23-8-10-26-57(53)60-58/h1-37H. The van der Waals surface area contributed by atoms with Crippen LogP contribution in [0.3, 0.4) is 0 Å². The first-order valence-corrected chi connectivity index (χ1v) is 21.4. The van der Waals surface area contributed by atoms with Crippen molar-refractivity contribution in [2.45, 2.75) is 0 Å². The Bertz CT molecular complexity index is 3570. The van der Waals surface area contributed by atoms with Gasteiger partial charge in [0.15, 0.2) is 0 Å². The Morgan fingerprint density at radius 1 is 0.267 bits per heavy atom. The third kappa shape index (κ3) is 5.68. The van der Waals surface area contributed by atoms with Crippen molar-refractivity contribution in [3.63, 3.8) is 0 Å². The first-order chi connectivity index (χ1) is 29.7. The summed E-state index contributed by atoms with van der Waals surface area (Å²) in [4.78, 5) is 2.45. The predicted octanol–water partition coefficient (Wildman–Crippen LogP) is 17.1. The number of hydrogen-bond acceptors (Lipinski definition) is 2. The molecular formula is C58H37NS. The summed E-state index contributed by atoms with van der Waals surface area (Å²) in [7, 11) is 0. The Hall–Kier alpha value is -7.52. The maximum Gasteiger partial charge on any atom is 0.0540 e. The van der Waals surface area contributed by atoms with Crippen molar-refractivity contribution in [2.75, 3.05) is 4.90 Å². The van der Waals surface area contributed by atoms with Crippen LogP contribution in [0.2, 0.25) is 0 Å². The molecule has 0 atom stereocenters. The van der Waals surface area contributed by atoms with Gasteiger partial charge in [-0.05, 0) is 126 Å². The van der Waals surface area contributed by atoms with Crippen LogP contribution in [0.1, 0.15) is 0 Å². The molecule has 60 heavy (non-hydrogen) atoms. The second-order valence-corrected chi connectivity index (χ2v) is 16.7. The fraction of sp³-hybridized carbons (Fsp3) is 0. The van der Waals surface area contributed by atoms with Gasteiger partial charge in [0.2, 0.25) is 0 Å². The Morgan fingerprint density at radius 3 is 1.58 bits per heavy atom. The number of thiophene rings is 1. The van der Waals surface area contributed by atoms with E-state index < -0.39 is 0 Å². The van der Waals surface area contributed by atoms with E-state index in [4.69, 9.17) is 0 Å². The number of hydrogen-bond donors (Lipinski definition) is 0. The quantitative estimate of drug-likeness (QED) is 0.152. The predicted molar refractivity (Wildman–Crippen MR) is 260 cm³/mol. The maximum atomic E-state index is 2.45. The zero-order chi connectivity index (χ0) is 39.6. The van der Waals surface area contributed by atoms with Crippen molar-refractivity contribution < 1.29 is 0 Å². The molecule has 0 saturated heterocycles. The van der Waals surface area contributed by atoms with E-state index in [1.807, 2.05) is 11.3 Å². The fourth-order valence-electron chi connectivity index (χ4n) is 9.41. The van der Waals surface area contributed by atoms with E-state index in [1.165, 1.54) is 96.6 Å². The molecule has 0 amide bonds. The van der Waals surface area contributed by atoms with Crippen LogP contribution in [0.5, 0.6) is 0 Å². The summed E-state index contributed by atoms with van der Waals surface area (Å²) in [6.07, 6.45) is 0. The highest BCUT2D eigenvalue weighted by molar-refractivity contribution is 7.25. The molecule has 11 aromatic carbocycles. The van der Waals surface area contributed by atoms with Crippen LogP contribution in [0.4, 0.5) is 17.1 Å². The van der Waals surface area contributed by atoms with Crippen molar-refractivity contribution in [2.24, 2.45) is 0 Å². The minimum atomic E-state index is 1.10. The van der Waals surface area contributed by atoms with Gasteiger partial charge < -0.3 is 4.90 Å². The lowest BCUT2D eigenvalue weighted by atomic mass is 9.93. The molecule has 12 rings (SSSR count). The third-order valence-electron chi connectivity index (χ3n) is 12.2. The van der Waals surface area contributed by atoms with Gasteiger partial charge in [-0.15, -0.1) is 11.3 Å². The van der Waals surface area contributed by atoms with Crippen LogP contribution in [0.15, 0.2) is 224 Å². The number of benzene rings is 11. The monoisotopic (exact) mass is 779 g/mol. The highest BCUT2D eigenvalue weighted by Gasteiger charge is 2.20. The van der Waals surface area contributed by atoms with E-state index in [2.05, 4.69) is 229 Å². The highest BCUT2D eigenvalue weighted by atomic mass is 32.1. The summed E-state index contributed by atoms with van der Waals surface area (Å²) in [5.74, 6) is 0. The largest absolute Gasteiger partial charge is 0.310 e. The van der Waals surface area contributed by atoms with Gasteiger partial charge >= 0.3 is 0 Å². The Morgan fingerprint density at radius 2 is 0.800 bits per heavy atom. The van der Waals surface area contributed by atoms with Crippen LogP contribution >= 0.6 is 11.3 Å². The van der Waals surface area contributed by atoms with Crippen LogP contribution in [-0.2, 0) is 0 Å². The SMILES string of the molecule is c1cc(-c2ccccc2N(c2ccc(-c3ccc4sc5ccccc5c4c3)cc2)c2ccc3c4ccccc4c4ccccc4c3c2)cc(-c2cccc3ccccc23)c1. The molecule has 12 aromatic rings. The number of fused-ring (bicyclic) bond motifs is 10. The molecule has 1 nitrogen and oxygen atoms in total. The average molecular weight is 780 g/mol. The molecule has 280 valence electrons. The van der Waals surface area contributed by atoms with E-state index in [1.54, 1.807) is 0 Å². The van der Waals surface area contributed by atoms with E-state index in [0.29, 0.717) is 0 Å². The molecule has 2 heteroatoms. The number of rotatable bonds is 6. The zero-order valence-corrected chi connectivity index (χ0v) is 33.5. The molecule has 0 spiro atoms. The lowest BCUT2D eigenvalue weighted by molar-refractivity contribution is 1.29. The maximum absolute atomic E-state index is 2.45. The van der Waals surface area contributed by atoms with Gasteiger partial charge in [0.05, 0.1) is 5.69 Å². The van der Waals surface area contributed by atoms with Crippen molar-refractivity contribution in [3.8, 4) is 33.4 Å². The van der Waals surface area contributed by atoms with Crippen molar-refractivity contribution in [1.82, 2.24) is 0 Å². The lowest BCUT2D eigenvalue weighted by Gasteiger charge is -2.29. The minimum absolute atomic E-state index is 1.10. The molecule has 0 radical (unpaired) electrons. The zero-order valence-electron chi connectivity index (χ0n) is 32.7. The Kier molecular flexibility index (Phi) is 8.11. The summed E-state index contributed by atoms with van der Waals surface area (Å²) in [6.45, 7) is 0. The van der Waals surface area contributed by atoms with E-state index in [-0.39, 0.29) is 0 Å². The molecule has 1 heterocycles. The smallest absolute Gasteiger partial charge is 0.0540 e. The summed E-state index contributed by atoms with van der Waals surface area (Å²) < 4.78 is 2.65. The second kappa shape index (κ2) is 14.1. The summed E-state index contributed by atoms with van der Waals surface area (Å²) in [6, 6.07) is 82.6. The van der Waals surface area contributed by atoms with Gasteiger partial charge in [-0.2, -0.15) is 0 Å². The van der Waals surface area contributed by atoms with Crippen LogP contribution in [0.25, 0.3) is 96.6 Å². The average Bonchev–Trinajstić information content (AvgIpc) is 3.70. The normalized spacial score (nSPS) is 11.7. The third-order valence-corrected chi connectivity index (χ3v) is 13.4. The number of para-hydroxylation sites is 1. The van der Waals surface area contributed by atoms with Crippen molar-refractivity contribution in [3.05, 3.63) is 224 Å². The summed E-state index contributed by atoms with van der Waals surface area (Å²) in [5, 5.41) is 12.7. The van der Waals surface area contributed by atoms with Gasteiger partial charge in [0.1, 0.15) is 0 Å². The highest BCUT2D eigenvalue weighted by Crippen LogP contribution is 2.45. The van der Waals surface area contributed by atoms with Crippen LogP contribution in [-0.4, -0.2) is 0 Å². The van der Waals surface area contributed by atoms with Gasteiger partial charge in [-0.25, -0.2) is 0 Å². The topological polar surface area (TPSA) is 3.24 Å². The van der Waals surface area contributed by atoms with Gasteiger partial charge in [-0.3, -0.25) is 0 Å². The van der Waals surface area contributed by atoms with Crippen molar-refractivity contribution in [1.29, 1.82) is 0 Å². The second-order valence-electron chi connectivity index (χ2n) is 15.6. The van der Waals surface area contributed by atoms with Gasteiger partial charge in [-0.1, -0.05) is 170 Å². The molecule has 0 fully saturated rings.